The standard InChI is InChI=1S/C11H8F6O5S/c12-10(13,14)8-6(22-4-5-3-21-5)1-2-7(23(18,19)20)9(8)11(15,16)17/h1-2,5H,3-4H2,(H,18,19,20). The van der Waals surface area contributed by atoms with Gasteiger partial charge in [-0.3, -0.25) is 4.55 Å². The number of ether oxygens (including phenoxy) is 2. The van der Waals surface area contributed by atoms with Crippen LogP contribution in [0.25, 0.3) is 0 Å². The van der Waals surface area contributed by atoms with Gasteiger partial charge in [0.15, 0.2) is 0 Å². The van der Waals surface area contributed by atoms with Crippen molar-refractivity contribution in [3.8, 4) is 5.75 Å². The predicted octanol–water partition coefficient (Wildman–Crippen LogP) is 2.75. The van der Waals surface area contributed by atoms with E-state index in [0.717, 1.165) is 0 Å². The van der Waals surface area contributed by atoms with Crippen LogP contribution in [-0.4, -0.2) is 32.3 Å². The zero-order valence-electron chi connectivity index (χ0n) is 10.9. The Hall–Kier alpha value is -1.53. The van der Waals surface area contributed by atoms with E-state index in [1.54, 1.807) is 0 Å². The molecular formula is C11H8F6O5S. The molecule has 12 heteroatoms. The van der Waals surface area contributed by atoms with Gasteiger partial charge in [0, 0.05) is 0 Å². The summed E-state index contributed by atoms with van der Waals surface area (Å²) in [5, 5.41) is 0. The zero-order chi connectivity index (χ0) is 17.6. The minimum atomic E-state index is -5.69. The molecule has 0 saturated carbocycles. The molecule has 0 amide bonds. The van der Waals surface area contributed by atoms with Gasteiger partial charge in [0.2, 0.25) is 0 Å². The molecule has 1 N–H and O–H groups in total. The van der Waals surface area contributed by atoms with Gasteiger partial charge in [-0.15, -0.1) is 0 Å². The van der Waals surface area contributed by atoms with E-state index in [4.69, 9.17) is 4.55 Å². The Morgan fingerprint density at radius 1 is 1.13 bits per heavy atom. The number of hydrogen-bond acceptors (Lipinski definition) is 4. The van der Waals surface area contributed by atoms with Gasteiger partial charge in [-0.25, -0.2) is 0 Å². The number of alkyl halides is 6. The highest BCUT2D eigenvalue weighted by Gasteiger charge is 2.49. The normalized spacial score (nSPS) is 18.8. The molecule has 5 nitrogen and oxygen atoms in total. The maximum absolute atomic E-state index is 13.1. The average molecular weight is 366 g/mol. The lowest BCUT2D eigenvalue weighted by Gasteiger charge is -2.21. The summed E-state index contributed by atoms with van der Waals surface area (Å²) in [4.78, 5) is -1.90. The largest absolute Gasteiger partial charge is 0.490 e. The van der Waals surface area contributed by atoms with E-state index in [0.29, 0.717) is 6.07 Å². The summed E-state index contributed by atoms with van der Waals surface area (Å²) >= 11 is 0. The highest BCUT2D eigenvalue weighted by Crippen LogP contribution is 2.47. The number of hydrogen-bond donors (Lipinski definition) is 1. The third kappa shape index (κ3) is 4.06. The Labute approximate surface area is 125 Å². The van der Waals surface area contributed by atoms with E-state index in [1.807, 2.05) is 0 Å². The van der Waals surface area contributed by atoms with Crippen molar-refractivity contribution in [1.82, 2.24) is 0 Å². The fraction of sp³-hybridized carbons (Fsp3) is 0.455. The molecular weight excluding hydrogens is 358 g/mol. The van der Waals surface area contributed by atoms with Crippen molar-refractivity contribution in [3.63, 3.8) is 0 Å². The Kier molecular flexibility index (Phi) is 4.28. The second kappa shape index (κ2) is 5.53. The topological polar surface area (TPSA) is 76.1 Å². The lowest BCUT2D eigenvalue weighted by Crippen LogP contribution is -2.22. The van der Waals surface area contributed by atoms with Gasteiger partial charge in [0.05, 0.1) is 12.2 Å². The van der Waals surface area contributed by atoms with Crippen LogP contribution in [0, 0.1) is 0 Å². The van der Waals surface area contributed by atoms with Crippen LogP contribution in [0.5, 0.6) is 5.75 Å². The molecule has 0 bridgehead atoms. The third-order valence-electron chi connectivity index (χ3n) is 2.80. The molecule has 2 rings (SSSR count). The molecule has 0 aromatic heterocycles. The number of benzene rings is 1. The Morgan fingerprint density at radius 3 is 2.04 bits per heavy atom. The van der Waals surface area contributed by atoms with E-state index >= 15 is 0 Å². The average Bonchev–Trinajstić information content (AvgIpc) is 3.15. The molecule has 1 saturated heterocycles. The van der Waals surface area contributed by atoms with Crippen LogP contribution in [0.1, 0.15) is 11.1 Å². The van der Waals surface area contributed by atoms with Crippen LogP contribution < -0.4 is 4.74 Å². The minimum Gasteiger partial charge on any atom is -0.490 e. The lowest BCUT2D eigenvalue weighted by molar-refractivity contribution is -0.164. The molecule has 1 fully saturated rings. The first-order chi connectivity index (χ1) is 10.3. The van der Waals surface area contributed by atoms with Crippen molar-refractivity contribution in [2.75, 3.05) is 13.2 Å². The molecule has 1 aliphatic heterocycles. The first kappa shape index (κ1) is 17.8. The second-order valence-corrected chi connectivity index (χ2v) is 5.94. The van der Waals surface area contributed by atoms with Gasteiger partial charge >= 0.3 is 12.4 Å². The van der Waals surface area contributed by atoms with Crippen LogP contribution >= 0.6 is 0 Å². The number of rotatable bonds is 4. The van der Waals surface area contributed by atoms with E-state index in [9.17, 15) is 34.8 Å². The summed E-state index contributed by atoms with van der Waals surface area (Å²) in [7, 11) is -5.54. The molecule has 0 aliphatic carbocycles. The van der Waals surface area contributed by atoms with Gasteiger partial charge in [-0.05, 0) is 12.1 Å². The van der Waals surface area contributed by atoms with Crippen molar-refractivity contribution in [2.45, 2.75) is 23.4 Å². The van der Waals surface area contributed by atoms with Crippen LogP contribution in [-0.2, 0) is 27.2 Å². The van der Waals surface area contributed by atoms with Crippen molar-refractivity contribution in [3.05, 3.63) is 23.3 Å². The fourth-order valence-electron chi connectivity index (χ4n) is 1.81. The van der Waals surface area contributed by atoms with Crippen LogP contribution in [0.2, 0.25) is 0 Å². The molecule has 0 spiro atoms. The Bertz CT molecular complexity index is 705. The summed E-state index contributed by atoms with van der Waals surface area (Å²) in [6.07, 6.45) is -11.8. The van der Waals surface area contributed by atoms with Crippen molar-refractivity contribution >= 4 is 10.1 Å². The number of epoxide rings is 1. The van der Waals surface area contributed by atoms with Crippen LogP contribution in [0.15, 0.2) is 17.0 Å². The van der Waals surface area contributed by atoms with Crippen molar-refractivity contribution in [1.29, 1.82) is 0 Å². The lowest BCUT2D eigenvalue weighted by atomic mass is 10.1. The summed E-state index contributed by atoms with van der Waals surface area (Å²) < 4.78 is 118. The van der Waals surface area contributed by atoms with Crippen molar-refractivity contribution < 1.29 is 48.8 Å². The first-order valence-corrected chi connectivity index (χ1v) is 7.29. The second-order valence-electron chi connectivity index (χ2n) is 4.55. The molecule has 1 aromatic rings. The van der Waals surface area contributed by atoms with Gasteiger partial charge in [-0.2, -0.15) is 34.8 Å². The highest BCUT2D eigenvalue weighted by molar-refractivity contribution is 7.85. The SMILES string of the molecule is O=S(=O)(O)c1ccc(OCC2CO2)c(C(F)(F)F)c1C(F)(F)F. The summed E-state index contributed by atoms with van der Waals surface area (Å²) in [5.41, 5.74) is -4.84. The number of halogens is 6. The molecule has 1 heterocycles. The van der Waals surface area contributed by atoms with Crippen LogP contribution in [0.3, 0.4) is 0 Å². The minimum absolute atomic E-state index is 0.191. The molecule has 23 heavy (non-hydrogen) atoms. The van der Waals surface area contributed by atoms with E-state index in [2.05, 4.69) is 9.47 Å². The molecule has 0 radical (unpaired) electrons. The first-order valence-electron chi connectivity index (χ1n) is 5.85. The van der Waals surface area contributed by atoms with Gasteiger partial charge < -0.3 is 9.47 Å². The van der Waals surface area contributed by atoms with Gasteiger partial charge in [-0.1, -0.05) is 0 Å². The van der Waals surface area contributed by atoms with E-state index in [1.165, 1.54) is 0 Å². The maximum atomic E-state index is 13.1. The maximum Gasteiger partial charge on any atom is 0.420 e. The van der Waals surface area contributed by atoms with Gasteiger partial charge in [0.1, 0.15) is 28.9 Å². The molecule has 130 valence electrons. The Morgan fingerprint density at radius 2 is 1.65 bits per heavy atom. The Balaban J connectivity index is 2.70. The molecule has 1 aromatic carbocycles. The fourth-order valence-corrected chi connectivity index (χ4v) is 2.53. The van der Waals surface area contributed by atoms with Crippen LogP contribution in [0.4, 0.5) is 26.3 Å². The predicted molar refractivity (Wildman–Crippen MR) is 61.5 cm³/mol. The summed E-state index contributed by atoms with van der Waals surface area (Å²) in [6, 6.07) is 0.611. The monoisotopic (exact) mass is 366 g/mol. The summed E-state index contributed by atoms with van der Waals surface area (Å²) in [5.74, 6) is -1.20. The highest BCUT2D eigenvalue weighted by atomic mass is 32.2. The third-order valence-corrected chi connectivity index (χ3v) is 3.70. The molecule has 1 atom stereocenters. The van der Waals surface area contributed by atoms with E-state index < -0.39 is 57.0 Å². The molecule has 1 unspecified atom stereocenters. The van der Waals surface area contributed by atoms with Crippen molar-refractivity contribution in [2.24, 2.45) is 0 Å². The summed E-state index contributed by atoms with van der Waals surface area (Å²) in [6.45, 7) is -0.234. The zero-order valence-corrected chi connectivity index (χ0v) is 11.7. The van der Waals surface area contributed by atoms with E-state index in [-0.39, 0.29) is 12.7 Å². The van der Waals surface area contributed by atoms with Gasteiger partial charge in [0.25, 0.3) is 10.1 Å². The smallest absolute Gasteiger partial charge is 0.420 e. The molecule has 1 aliphatic rings. The quantitative estimate of drug-likeness (QED) is 0.504.